The lowest BCUT2D eigenvalue weighted by atomic mass is 9.99. The minimum atomic E-state index is 0.712. The molecule has 1 aliphatic heterocycles. The highest BCUT2D eigenvalue weighted by Crippen LogP contribution is 2.17. The lowest BCUT2D eigenvalue weighted by Gasteiger charge is -2.35. The van der Waals surface area contributed by atoms with Crippen molar-refractivity contribution >= 4 is 0 Å². The molecule has 1 heterocycles. The zero-order valence-corrected chi connectivity index (χ0v) is 10.1. The molecule has 0 aromatic carbocycles. The van der Waals surface area contributed by atoms with Gasteiger partial charge in [0.05, 0.1) is 0 Å². The minimum absolute atomic E-state index is 0.712. The number of hydrogen-bond acceptors (Lipinski definition) is 2. The maximum Gasteiger partial charge on any atom is 0.0192 e. The maximum atomic E-state index is 3.51. The molecule has 0 bridgehead atoms. The van der Waals surface area contributed by atoms with Crippen LogP contribution in [-0.2, 0) is 0 Å². The van der Waals surface area contributed by atoms with Crippen LogP contribution in [0.25, 0.3) is 0 Å². The predicted octanol–water partition coefficient (Wildman–Crippen LogP) is 2.11. The van der Waals surface area contributed by atoms with Crippen molar-refractivity contribution in [3.63, 3.8) is 0 Å². The average Bonchev–Trinajstić information content (AvgIpc) is 2.18. The van der Waals surface area contributed by atoms with Crippen molar-refractivity contribution in [1.82, 2.24) is 10.2 Å². The molecule has 2 atom stereocenters. The molecule has 1 rings (SSSR count). The lowest BCUT2D eigenvalue weighted by molar-refractivity contribution is 0.137. The SMILES string of the molecule is CCCNCC(C)N1CCCC(C)C1. The fraction of sp³-hybridized carbons (Fsp3) is 1.00. The van der Waals surface area contributed by atoms with Crippen LogP contribution in [0.3, 0.4) is 0 Å². The highest BCUT2D eigenvalue weighted by Gasteiger charge is 2.20. The summed E-state index contributed by atoms with van der Waals surface area (Å²) in [4.78, 5) is 2.64. The van der Waals surface area contributed by atoms with Gasteiger partial charge in [-0.1, -0.05) is 13.8 Å². The Morgan fingerprint density at radius 1 is 1.50 bits per heavy atom. The highest BCUT2D eigenvalue weighted by molar-refractivity contribution is 4.76. The standard InChI is InChI=1S/C12H26N2/c1-4-7-13-9-12(3)14-8-5-6-11(2)10-14/h11-13H,4-10H2,1-3H3. The third-order valence-electron chi connectivity index (χ3n) is 3.18. The van der Waals surface area contributed by atoms with E-state index in [9.17, 15) is 0 Å². The van der Waals surface area contributed by atoms with E-state index in [0.29, 0.717) is 6.04 Å². The molecule has 1 aliphatic rings. The van der Waals surface area contributed by atoms with Gasteiger partial charge < -0.3 is 5.32 Å². The number of nitrogens with one attached hydrogen (secondary N) is 1. The lowest BCUT2D eigenvalue weighted by Crippen LogP contribution is -2.45. The summed E-state index contributed by atoms with van der Waals surface area (Å²) < 4.78 is 0. The summed E-state index contributed by atoms with van der Waals surface area (Å²) in [6.07, 6.45) is 4.05. The Hall–Kier alpha value is -0.0800. The molecule has 2 heteroatoms. The van der Waals surface area contributed by atoms with Crippen LogP contribution in [0.5, 0.6) is 0 Å². The van der Waals surface area contributed by atoms with Gasteiger partial charge in [-0.2, -0.15) is 0 Å². The van der Waals surface area contributed by atoms with Gasteiger partial charge >= 0.3 is 0 Å². The van der Waals surface area contributed by atoms with Gasteiger partial charge in [-0.3, -0.25) is 4.90 Å². The van der Waals surface area contributed by atoms with E-state index in [1.54, 1.807) is 0 Å². The van der Waals surface area contributed by atoms with Gasteiger partial charge in [0.25, 0.3) is 0 Å². The third-order valence-corrected chi connectivity index (χ3v) is 3.18. The second kappa shape index (κ2) is 6.41. The van der Waals surface area contributed by atoms with Crippen LogP contribution in [0.4, 0.5) is 0 Å². The average molecular weight is 198 g/mol. The molecule has 1 fully saturated rings. The molecule has 14 heavy (non-hydrogen) atoms. The minimum Gasteiger partial charge on any atom is -0.315 e. The molecule has 0 aromatic rings. The predicted molar refractivity (Wildman–Crippen MR) is 62.6 cm³/mol. The number of nitrogens with zero attached hydrogens (tertiary/aromatic N) is 1. The Bertz CT molecular complexity index is 147. The van der Waals surface area contributed by atoms with Crippen LogP contribution in [0.15, 0.2) is 0 Å². The van der Waals surface area contributed by atoms with E-state index in [0.717, 1.165) is 19.0 Å². The first-order valence-electron chi connectivity index (χ1n) is 6.18. The Labute approximate surface area is 89.1 Å². The molecule has 0 saturated carbocycles. The normalized spacial score (nSPS) is 26.4. The summed E-state index contributed by atoms with van der Waals surface area (Å²) >= 11 is 0. The summed E-state index contributed by atoms with van der Waals surface area (Å²) in [6.45, 7) is 11.9. The van der Waals surface area contributed by atoms with E-state index >= 15 is 0 Å². The molecule has 0 radical (unpaired) electrons. The van der Waals surface area contributed by atoms with Crippen molar-refractivity contribution in [2.24, 2.45) is 5.92 Å². The second-order valence-corrected chi connectivity index (χ2v) is 4.80. The summed E-state index contributed by atoms with van der Waals surface area (Å²) in [5.74, 6) is 0.900. The van der Waals surface area contributed by atoms with Crippen molar-refractivity contribution in [3.05, 3.63) is 0 Å². The summed E-state index contributed by atoms with van der Waals surface area (Å²) in [6, 6.07) is 0.712. The number of piperidine rings is 1. The first-order valence-corrected chi connectivity index (χ1v) is 6.18. The zero-order valence-electron chi connectivity index (χ0n) is 10.1. The molecule has 2 nitrogen and oxygen atoms in total. The second-order valence-electron chi connectivity index (χ2n) is 4.80. The Balaban J connectivity index is 2.18. The highest BCUT2D eigenvalue weighted by atomic mass is 15.2. The van der Waals surface area contributed by atoms with E-state index in [-0.39, 0.29) is 0 Å². The van der Waals surface area contributed by atoms with Crippen LogP contribution >= 0.6 is 0 Å². The van der Waals surface area contributed by atoms with Crippen molar-refractivity contribution in [1.29, 1.82) is 0 Å². The summed E-state index contributed by atoms with van der Waals surface area (Å²) in [7, 11) is 0. The summed E-state index contributed by atoms with van der Waals surface area (Å²) in [5, 5.41) is 3.51. The van der Waals surface area contributed by atoms with Crippen LogP contribution in [0.2, 0.25) is 0 Å². The molecule has 0 aromatic heterocycles. The van der Waals surface area contributed by atoms with Gasteiger partial charge in [0.1, 0.15) is 0 Å². The number of hydrogen-bond donors (Lipinski definition) is 1. The Kier molecular flexibility index (Phi) is 5.49. The zero-order chi connectivity index (χ0) is 10.4. The van der Waals surface area contributed by atoms with Gasteiger partial charge in [0, 0.05) is 19.1 Å². The van der Waals surface area contributed by atoms with Crippen molar-refractivity contribution < 1.29 is 0 Å². The molecule has 2 unspecified atom stereocenters. The topological polar surface area (TPSA) is 15.3 Å². The molecule has 0 aliphatic carbocycles. The summed E-state index contributed by atoms with van der Waals surface area (Å²) in [5.41, 5.74) is 0. The van der Waals surface area contributed by atoms with Crippen LogP contribution in [0, 0.1) is 5.92 Å². The van der Waals surface area contributed by atoms with Gasteiger partial charge in [0.15, 0.2) is 0 Å². The molecule has 1 N–H and O–H groups in total. The van der Waals surface area contributed by atoms with Crippen LogP contribution in [-0.4, -0.2) is 37.1 Å². The molecular formula is C12H26N2. The van der Waals surface area contributed by atoms with E-state index in [1.165, 1.54) is 32.4 Å². The van der Waals surface area contributed by atoms with E-state index < -0.39 is 0 Å². The van der Waals surface area contributed by atoms with Crippen molar-refractivity contribution in [2.75, 3.05) is 26.2 Å². The van der Waals surface area contributed by atoms with E-state index in [4.69, 9.17) is 0 Å². The third kappa shape index (κ3) is 3.97. The Morgan fingerprint density at radius 3 is 2.93 bits per heavy atom. The van der Waals surface area contributed by atoms with Gasteiger partial charge in [-0.25, -0.2) is 0 Å². The smallest absolute Gasteiger partial charge is 0.0192 e. The first kappa shape index (κ1) is 12.0. The number of rotatable bonds is 5. The quantitative estimate of drug-likeness (QED) is 0.681. The fourth-order valence-corrected chi connectivity index (χ4v) is 2.24. The number of likely N-dealkylation sites (tertiary alicyclic amines) is 1. The largest absolute Gasteiger partial charge is 0.315 e. The van der Waals surface area contributed by atoms with Crippen molar-refractivity contribution in [3.8, 4) is 0 Å². The molecule has 0 spiro atoms. The van der Waals surface area contributed by atoms with Crippen LogP contribution in [0.1, 0.15) is 40.0 Å². The van der Waals surface area contributed by atoms with Gasteiger partial charge in [-0.15, -0.1) is 0 Å². The molecule has 0 amide bonds. The van der Waals surface area contributed by atoms with Crippen LogP contribution < -0.4 is 5.32 Å². The monoisotopic (exact) mass is 198 g/mol. The molecular weight excluding hydrogens is 172 g/mol. The molecule has 84 valence electrons. The van der Waals surface area contributed by atoms with E-state index in [1.807, 2.05) is 0 Å². The molecule has 1 saturated heterocycles. The van der Waals surface area contributed by atoms with Crippen molar-refractivity contribution in [2.45, 2.75) is 46.1 Å². The fourth-order valence-electron chi connectivity index (χ4n) is 2.24. The van der Waals surface area contributed by atoms with Gasteiger partial charge in [-0.05, 0) is 45.2 Å². The first-order chi connectivity index (χ1) is 6.74. The maximum absolute atomic E-state index is 3.51. The van der Waals surface area contributed by atoms with E-state index in [2.05, 4.69) is 31.0 Å². The Morgan fingerprint density at radius 2 is 2.29 bits per heavy atom. The van der Waals surface area contributed by atoms with Gasteiger partial charge in [0.2, 0.25) is 0 Å².